The number of nitrogens with zero attached hydrogens (tertiary/aromatic N) is 1. The molecule has 1 unspecified atom stereocenters. The number of ether oxygens (including phenoxy) is 1. The van der Waals surface area contributed by atoms with E-state index in [0.29, 0.717) is 23.0 Å². The van der Waals surface area contributed by atoms with Crippen LogP contribution in [-0.4, -0.2) is 18.6 Å². The fraction of sp³-hybridized carbons (Fsp3) is 0.357. The molecule has 2 rings (SSSR count). The SMILES string of the molecule is CCNC(C)c1ncc(-c2c(F)cccc2OC)o1. The molecule has 0 radical (unpaired) electrons. The average molecular weight is 264 g/mol. The van der Waals surface area contributed by atoms with Crippen LogP contribution in [0.25, 0.3) is 11.3 Å². The first kappa shape index (κ1) is 13.5. The Morgan fingerprint density at radius 2 is 2.26 bits per heavy atom. The van der Waals surface area contributed by atoms with Gasteiger partial charge < -0.3 is 14.5 Å². The van der Waals surface area contributed by atoms with E-state index in [9.17, 15) is 4.39 Å². The van der Waals surface area contributed by atoms with Crippen LogP contribution in [0.5, 0.6) is 5.75 Å². The minimum absolute atomic E-state index is 0.0171. The Labute approximate surface area is 111 Å². The minimum Gasteiger partial charge on any atom is -0.496 e. The molecular formula is C14H17FN2O2. The Kier molecular flexibility index (Phi) is 4.16. The van der Waals surface area contributed by atoms with Crippen molar-refractivity contribution in [2.24, 2.45) is 0 Å². The largest absolute Gasteiger partial charge is 0.496 e. The molecule has 0 fully saturated rings. The molecule has 0 spiro atoms. The van der Waals surface area contributed by atoms with Crippen molar-refractivity contribution in [2.75, 3.05) is 13.7 Å². The van der Waals surface area contributed by atoms with Crippen molar-refractivity contribution in [1.29, 1.82) is 0 Å². The Hall–Kier alpha value is -1.88. The Morgan fingerprint density at radius 1 is 1.47 bits per heavy atom. The van der Waals surface area contributed by atoms with Gasteiger partial charge in [0.1, 0.15) is 11.6 Å². The van der Waals surface area contributed by atoms with Gasteiger partial charge in [-0.15, -0.1) is 0 Å². The Morgan fingerprint density at radius 3 is 2.95 bits per heavy atom. The zero-order valence-electron chi connectivity index (χ0n) is 11.2. The predicted molar refractivity (Wildman–Crippen MR) is 70.5 cm³/mol. The highest BCUT2D eigenvalue weighted by Gasteiger charge is 2.18. The summed E-state index contributed by atoms with van der Waals surface area (Å²) in [5, 5.41) is 3.19. The maximum Gasteiger partial charge on any atom is 0.211 e. The number of nitrogens with one attached hydrogen (secondary N) is 1. The van der Waals surface area contributed by atoms with Crippen molar-refractivity contribution in [3.8, 4) is 17.1 Å². The quantitative estimate of drug-likeness (QED) is 0.901. The highest BCUT2D eigenvalue weighted by atomic mass is 19.1. The molecule has 0 aliphatic carbocycles. The van der Waals surface area contributed by atoms with Crippen LogP contribution >= 0.6 is 0 Å². The van der Waals surface area contributed by atoms with Crippen LogP contribution in [0, 0.1) is 5.82 Å². The first-order valence-corrected chi connectivity index (χ1v) is 6.19. The fourth-order valence-corrected chi connectivity index (χ4v) is 1.91. The van der Waals surface area contributed by atoms with E-state index in [0.717, 1.165) is 6.54 Å². The molecule has 1 N–H and O–H groups in total. The lowest BCUT2D eigenvalue weighted by Crippen LogP contribution is -2.17. The zero-order chi connectivity index (χ0) is 13.8. The van der Waals surface area contributed by atoms with Crippen LogP contribution in [-0.2, 0) is 0 Å². The van der Waals surface area contributed by atoms with Gasteiger partial charge in [0.2, 0.25) is 5.89 Å². The van der Waals surface area contributed by atoms with Crippen LogP contribution in [0.15, 0.2) is 28.8 Å². The highest BCUT2D eigenvalue weighted by molar-refractivity contribution is 5.65. The predicted octanol–water partition coefficient (Wildman–Crippen LogP) is 3.16. The molecule has 0 aliphatic rings. The molecule has 102 valence electrons. The van der Waals surface area contributed by atoms with Crippen LogP contribution in [0.4, 0.5) is 4.39 Å². The molecule has 0 amide bonds. The van der Waals surface area contributed by atoms with Gasteiger partial charge in [-0.05, 0) is 25.6 Å². The van der Waals surface area contributed by atoms with Crippen molar-refractivity contribution in [2.45, 2.75) is 19.9 Å². The van der Waals surface area contributed by atoms with E-state index < -0.39 is 5.82 Å². The molecular weight excluding hydrogens is 247 g/mol. The molecule has 1 atom stereocenters. The van der Waals surface area contributed by atoms with Gasteiger partial charge in [0, 0.05) is 0 Å². The Balaban J connectivity index is 2.38. The number of benzene rings is 1. The second-order valence-corrected chi connectivity index (χ2v) is 4.16. The van der Waals surface area contributed by atoms with E-state index in [-0.39, 0.29) is 6.04 Å². The normalized spacial score (nSPS) is 12.4. The lowest BCUT2D eigenvalue weighted by atomic mass is 10.1. The molecule has 0 saturated heterocycles. The van der Waals surface area contributed by atoms with E-state index in [1.807, 2.05) is 13.8 Å². The first-order valence-electron chi connectivity index (χ1n) is 6.19. The van der Waals surface area contributed by atoms with Gasteiger partial charge in [-0.3, -0.25) is 0 Å². The Bertz CT molecular complexity index is 554. The molecule has 2 aromatic rings. The van der Waals surface area contributed by atoms with Crippen molar-refractivity contribution in [1.82, 2.24) is 10.3 Å². The molecule has 0 aliphatic heterocycles. The smallest absolute Gasteiger partial charge is 0.211 e. The van der Waals surface area contributed by atoms with Gasteiger partial charge in [0.05, 0.1) is 24.9 Å². The van der Waals surface area contributed by atoms with E-state index in [1.54, 1.807) is 12.1 Å². The summed E-state index contributed by atoms with van der Waals surface area (Å²) in [7, 11) is 1.50. The van der Waals surface area contributed by atoms with Crippen LogP contribution in [0.2, 0.25) is 0 Å². The summed E-state index contributed by atoms with van der Waals surface area (Å²) in [5.41, 5.74) is 0.299. The van der Waals surface area contributed by atoms with E-state index in [2.05, 4.69) is 10.3 Å². The van der Waals surface area contributed by atoms with Crippen molar-refractivity contribution in [3.05, 3.63) is 36.1 Å². The summed E-state index contributed by atoms with van der Waals surface area (Å²) in [6.07, 6.45) is 1.52. The van der Waals surface area contributed by atoms with E-state index >= 15 is 0 Å². The summed E-state index contributed by atoms with van der Waals surface area (Å²) >= 11 is 0. The molecule has 4 nitrogen and oxygen atoms in total. The summed E-state index contributed by atoms with van der Waals surface area (Å²) in [6.45, 7) is 4.75. The van der Waals surface area contributed by atoms with Crippen molar-refractivity contribution >= 4 is 0 Å². The summed E-state index contributed by atoms with van der Waals surface area (Å²) < 4.78 is 24.7. The third-order valence-corrected chi connectivity index (χ3v) is 2.85. The maximum absolute atomic E-state index is 13.9. The molecule has 1 aromatic heterocycles. The first-order chi connectivity index (χ1) is 9.17. The zero-order valence-corrected chi connectivity index (χ0v) is 11.2. The third kappa shape index (κ3) is 2.76. The maximum atomic E-state index is 13.9. The van der Waals surface area contributed by atoms with Crippen molar-refractivity contribution in [3.63, 3.8) is 0 Å². The van der Waals surface area contributed by atoms with Gasteiger partial charge in [-0.25, -0.2) is 9.37 Å². The topological polar surface area (TPSA) is 47.3 Å². The van der Waals surface area contributed by atoms with Gasteiger partial charge >= 0.3 is 0 Å². The lowest BCUT2D eigenvalue weighted by molar-refractivity contribution is 0.404. The van der Waals surface area contributed by atoms with Gasteiger partial charge in [-0.1, -0.05) is 13.0 Å². The second kappa shape index (κ2) is 5.84. The van der Waals surface area contributed by atoms with Gasteiger partial charge in [-0.2, -0.15) is 0 Å². The average Bonchev–Trinajstić information content (AvgIpc) is 2.88. The number of rotatable bonds is 5. The van der Waals surface area contributed by atoms with E-state index in [4.69, 9.17) is 9.15 Å². The summed E-state index contributed by atoms with van der Waals surface area (Å²) in [5.74, 6) is 0.939. The van der Waals surface area contributed by atoms with Gasteiger partial charge in [0.25, 0.3) is 0 Å². The number of aromatic nitrogens is 1. The molecule has 5 heteroatoms. The highest BCUT2D eigenvalue weighted by Crippen LogP contribution is 2.33. The fourth-order valence-electron chi connectivity index (χ4n) is 1.91. The summed E-state index contributed by atoms with van der Waals surface area (Å²) in [4.78, 5) is 4.18. The number of halogens is 1. The number of methoxy groups -OCH3 is 1. The molecule has 1 heterocycles. The van der Waals surface area contributed by atoms with E-state index in [1.165, 1.54) is 19.4 Å². The van der Waals surface area contributed by atoms with Crippen LogP contribution < -0.4 is 10.1 Å². The second-order valence-electron chi connectivity index (χ2n) is 4.16. The molecule has 1 aromatic carbocycles. The molecule has 19 heavy (non-hydrogen) atoms. The minimum atomic E-state index is -0.391. The third-order valence-electron chi connectivity index (χ3n) is 2.85. The van der Waals surface area contributed by atoms with Crippen molar-refractivity contribution < 1.29 is 13.5 Å². The number of hydrogen-bond acceptors (Lipinski definition) is 4. The standard InChI is InChI=1S/C14H17FN2O2/c1-4-16-9(2)14-17-8-12(19-14)13-10(15)6-5-7-11(13)18-3/h5-9,16H,4H2,1-3H3. The van der Waals surface area contributed by atoms with Gasteiger partial charge in [0.15, 0.2) is 5.76 Å². The molecule has 0 bridgehead atoms. The number of oxazole rings is 1. The monoisotopic (exact) mass is 264 g/mol. The molecule has 0 saturated carbocycles. The van der Waals surface area contributed by atoms with Crippen LogP contribution in [0.1, 0.15) is 25.8 Å². The lowest BCUT2D eigenvalue weighted by Gasteiger charge is -2.08. The number of hydrogen-bond donors (Lipinski definition) is 1. The summed E-state index contributed by atoms with van der Waals surface area (Å²) in [6, 6.07) is 4.63. The van der Waals surface area contributed by atoms with Crippen LogP contribution in [0.3, 0.4) is 0 Å².